The van der Waals surface area contributed by atoms with E-state index in [1.165, 1.54) is 18.9 Å². The van der Waals surface area contributed by atoms with Gasteiger partial charge in [0.05, 0.1) is 13.7 Å². The van der Waals surface area contributed by atoms with E-state index in [0.29, 0.717) is 11.5 Å². The summed E-state index contributed by atoms with van der Waals surface area (Å²) in [5.74, 6) is -0.728. The van der Waals surface area contributed by atoms with Gasteiger partial charge in [0.1, 0.15) is 11.9 Å². The normalized spacial score (nSPS) is 15.2. The number of nitrogen functional groups attached to an aromatic ring is 1. The van der Waals surface area contributed by atoms with E-state index in [9.17, 15) is 19.2 Å². The van der Waals surface area contributed by atoms with Crippen molar-refractivity contribution in [2.24, 2.45) is 0 Å². The fourth-order valence-corrected chi connectivity index (χ4v) is 4.93. The van der Waals surface area contributed by atoms with Crippen molar-refractivity contribution in [1.29, 1.82) is 0 Å². The van der Waals surface area contributed by atoms with E-state index in [4.69, 9.17) is 10.5 Å². The molecule has 0 fully saturated rings. The third-order valence-corrected chi connectivity index (χ3v) is 6.91. The molecule has 1 aliphatic rings. The number of benzene rings is 1. The quantitative estimate of drug-likeness (QED) is 0.260. The molecule has 0 spiro atoms. The number of methoxy groups -OCH3 is 1. The molecular weight excluding hydrogens is 484 g/mol. The number of hydrogen-bond acceptors (Lipinski definition) is 8. The predicted octanol–water partition coefficient (Wildman–Crippen LogP) is 1.03. The second-order valence-corrected chi connectivity index (χ2v) is 9.19. The lowest BCUT2D eigenvalue weighted by Crippen LogP contribution is -2.41. The number of aryl methyl sites for hydroxylation is 1. The van der Waals surface area contributed by atoms with Crippen molar-refractivity contribution in [2.75, 3.05) is 18.6 Å². The van der Waals surface area contributed by atoms with Crippen LogP contribution in [0.15, 0.2) is 69.1 Å². The van der Waals surface area contributed by atoms with Gasteiger partial charge >= 0.3 is 17.3 Å². The number of fused-ring (bicyclic) bond motifs is 1. The molecule has 4 rings (SSSR count). The van der Waals surface area contributed by atoms with Crippen LogP contribution >= 0.6 is 11.8 Å². The molecule has 1 amide bonds. The maximum Gasteiger partial charge on any atom is 0.349 e. The molecule has 3 heterocycles. The van der Waals surface area contributed by atoms with E-state index in [2.05, 4.69) is 10.3 Å². The minimum atomic E-state index is -1.17. The topological polar surface area (TPSA) is 143 Å². The molecule has 188 valence electrons. The Labute approximate surface area is 210 Å². The number of ether oxygens (including phenoxy) is 1. The van der Waals surface area contributed by atoms with E-state index < -0.39 is 35.3 Å². The fraction of sp³-hybridized carbons (Fsp3) is 0.292. The highest BCUT2D eigenvalue weighted by molar-refractivity contribution is 7.99. The number of nitrogens with two attached hydrogens (primary N) is 1. The summed E-state index contributed by atoms with van der Waals surface area (Å²) in [6.45, 7) is 2.03. The number of esters is 1. The van der Waals surface area contributed by atoms with Gasteiger partial charge in [0, 0.05) is 22.9 Å². The lowest BCUT2D eigenvalue weighted by Gasteiger charge is -2.20. The Morgan fingerprint density at radius 1 is 1.19 bits per heavy atom. The zero-order valence-electron chi connectivity index (χ0n) is 19.8. The Kier molecular flexibility index (Phi) is 7.44. The average Bonchev–Trinajstić information content (AvgIpc) is 3.14. The molecule has 3 aromatic rings. The highest BCUT2D eigenvalue weighted by Gasteiger charge is 2.33. The highest BCUT2D eigenvalue weighted by Crippen LogP contribution is 2.23. The molecule has 0 radical (unpaired) electrons. The number of anilines is 1. The molecule has 0 saturated carbocycles. The molecule has 2 aromatic heterocycles. The SMILES string of the molecule is COC(=O)C(CSc1ccccc1)n1c(=O)n2n(c1=O)C(C(=O)NCc1ccc(N)nc1C)C=CC2. The molecule has 11 nitrogen and oxygen atoms in total. The lowest BCUT2D eigenvalue weighted by molar-refractivity contribution is -0.144. The Morgan fingerprint density at radius 2 is 1.94 bits per heavy atom. The van der Waals surface area contributed by atoms with Crippen LogP contribution in [0.1, 0.15) is 23.3 Å². The van der Waals surface area contributed by atoms with Gasteiger partial charge in [-0.3, -0.25) is 4.79 Å². The van der Waals surface area contributed by atoms with Gasteiger partial charge in [-0.05, 0) is 30.7 Å². The maximum absolute atomic E-state index is 13.4. The first-order valence-electron chi connectivity index (χ1n) is 11.2. The first-order chi connectivity index (χ1) is 17.3. The molecule has 12 heteroatoms. The molecule has 2 atom stereocenters. The summed E-state index contributed by atoms with van der Waals surface area (Å²) in [5.41, 5.74) is 5.67. The molecule has 0 bridgehead atoms. The van der Waals surface area contributed by atoms with Gasteiger partial charge in [0.15, 0.2) is 6.04 Å². The van der Waals surface area contributed by atoms with Gasteiger partial charge in [-0.2, -0.15) is 0 Å². The smallest absolute Gasteiger partial charge is 0.349 e. The second-order valence-electron chi connectivity index (χ2n) is 8.10. The first kappa shape index (κ1) is 25.0. The van der Waals surface area contributed by atoms with Crippen LogP contribution in [0.5, 0.6) is 0 Å². The number of aromatic nitrogens is 4. The van der Waals surface area contributed by atoms with Crippen LogP contribution in [0.4, 0.5) is 5.82 Å². The van der Waals surface area contributed by atoms with Crippen LogP contribution in [0.3, 0.4) is 0 Å². The van der Waals surface area contributed by atoms with Crippen molar-refractivity contribution in [3.8, 4) is 0 Å². The van der Waals surface area contributed by atoms with E-state index >= 15 is 0 Å². The minimum absolute atomic E-state index is 0.0889. The van der Waals surface area contributed by atoms with Crippen molar-refractivity contribution in [3.05, 3.63) is 86.8 Å². The summed E-state index contributed by atoms with van der Waals surface area (Å²) in [5, 5.41) is 2.78. The van der Waals surface area contributed by atoms with Crippen molar-refractivity contribution >= 4 is 29.5 Å². The van der Waals surface area contributed by atoms with Gasteiger partial charge in [-0.15, -0.1) is 11.8 Å². The van der Waals surface area contributed by atoms with Crippen LogP contribution in [-0.2, 0) is 27.4 Å². The number of hydrogen-bond donors (Lipinski definition) is 2. The third-order valence-electron chi connectivity index (χ3n) is 5.82. The van der Waals surface area contributed by atoms with Crippen LogP contribution in [0.25, 0.3) is 0 Å². The molecule has 1 aliphatic heterocycles. The van der Waals surface area contributed by atoms with E-state index in [1.54, 1.807) is 31.2 Å². The van der Waals surface area contributed by atoms with E-state index in [0.717, 1.165) is 24.4 Å². The Balaban J connectivity index is 1.62. The average molecular weight is 511 g/mol. The first-order valence-corrected chi connectivity index (χ1v) is 12.2. The summed E-state index contributed by atoms with van der Waals surface area (Å²) < 4.78 is 8.00. The van der Waals surface area contributed by atoms with Crippen LogP contribution in [0, 0.1) is 6.92 Å². The molecule has 0 saturated heterocycles. The summed E-state index contributed by atoms with van der Waals surface area (Å²) in [6.07, 6.45) is 3.19. The summed E-state index contributed by atoms with van der Waals surface area (Å²) in [4.78, 5) is 57.4. The van der Waals surface area contributed by atoms with Crippen LogP contribution in [0.2, 0.25) is 0 Å². The fourth-order valence-electron chi connectivity index (χ4n) is 3.94. The largest absolute Gasteiger partial charge is 0.467 e. The Morgan fingerprint density at radius 3 is 2.64 bits per heavy atom. The van der Waals surface area contributed by atoms with E-state index in [1.807, 2.05) is 30.3 Å². The van der Waals surface area contributed by atoms with Gasteiger partial charge in [-0.1, -0.05) is 36.4 Å². The number of nitrogens with zero attached hydrogens (tertiary/aromatic N) is 4. The number of nitrogens with one attached hydrogen (secondary N) is 1. The van der Waals surface area contributed by atoms with Gasteiger partial charge in [0.25, 0.3) is 0 Å². The standard InChI is InChI=1S/C24H26N6O5S/c1-15-16(10-11-20(25)27-15)13-26-21(31)18-9-6-12-28-23(33)29(24(34)30(18)28)19(22(32)35-2)14-36-17-7-4-3-5-8-17/h3-11,18-19H,12-14H2,1-2H3,(H2,25,27)(H,26,31). The van der Waals surface area contributed by atoms with Gasteiger partial charge in [-0.25, -0.2) is 33.3 Å². The number of thioether (sulfide) groups is 1. The second kappa shape index (κ2) is 10.7. The van der Waals surface area contributed by atoms with Crippen molar-refractivity contribution in [1.82, 2.24) is 24.2 Å². The molecule has 36 heavy (non-hydrogen) atoms. The number of allylic oxidation sites excluding steroid dienone is 1. The number of rotatable bonds is 8. The number of carbonyl (C=O) groups is 2. The van der Waals surface area contributed by atoms with Crippen molar-refractivity contribution < 1.29 is 14.3 Å². The lowest BCUT2D eigenvalue weighted by atomic mass is 10.2. The minimum Gasteiger partial charge on any atom is -0.467 e. The van der Waals surface area contributed by atoms with Crippen LogP contribution in [-0.4, -0.2) is 43.7 Å². The summed E-state index contributed by atoms with van der Waals surface area (Å²) in [6, 6.07) is 10.5. The molecular formula is C24H26N6O5S. The third kappa shape index (κ3) is 4.98. The summed E-state index contributed by atoms with van der Waals surface area (Å²) in [7, 11) is 1.20. The number of pyridine rings is 1. The number of carbonyl (C=O) groups excluding carboxylic acids is 2. The van der Waals surface area contributed by atoms with Crippen LogP contribution < -0.4 is 22.4 Å². The maximum atomic E-state index is 13.4. The molecule has 0 aliphatic carbocycles. The monoisotopic (exact) mass is 510 g/mol. The zero-order chi connectivity index (χ0) is 25.8. The Hall–Kier alpha value is -4.06. The zero-order valence-corrected chi connectivity index (χ0v) is 20.6. The number of amides is 1. The molecule has 2 unspecified atom stereocenters. The molecule has 1 aromatic carbocycles. The van der Waals surface area contributed by atoms with Crippen molar-refractivity contribution in [2.45, 2.75) is 37.0 Å². The summed E-state index contributed by atoms with van der Waals surface area (Å²) >= 11 is 1.32. The van der Waals surface area contributed by atoms with Crippen molar-refractivity contribution in [3.63, 3.8) is 0 Å². The highest BCUT2D eigenvalue weighted by atomic mass is 32.2. The Bertz CT molecular complexity index is 1420. The molecule has 3 N–H and O–H groups in total. The van der Waals surface area contributed by atoms with E-state index in [-0.39, 0.29) is 18.8 Å². The van der Waals surface area contributed by atoms with Gasteiger partial charge in [0.2, 0.25) is 5.91 Å². The van der Waals surface area contributed by atoms with Gasteiger partial charge < -0.3 is 15.8 Å². The predicted molar refractivity (Wildman–Crippen MR) is 135 cm³/mol.